The van der Waals surface area contributed by atoms with E-state index in [1.165, 1.54) is 24.9 Å². The Bertz CT molecular complexity index is 410. The Balaban J connectivity index is 1.94. The maximum Gasteiger partial charge on any atom is 0.123 e. The number of hydrogen-bond donors (Lipinski definition) is 1. The molecule has 1 heterocycles. The van der Waals surface area contributed by atoms with Gasteiger partial charge in [-0.15, -0.1) is 0 Å². The van der Waals surface area contributed by atoms with Crippen LogP contribution in [0.25, 0.3) is 0 Å². The van der Waals surface area contributed by atoms with Gasteiger partial charge in [-0.05, 0) is 76.7 Å². The summed E-state index contributed by atoms with van der Waals surface area (Å²) in [7, 11) is 0. The minimum atomic E-state index is -0.151. The van der Waals surface area contributed by atoms with E-state index in [0.717, 1.165) is 25.4 Å². The first-order valence-electron chi connectivity index (χ1n) is 8.27. The Kier molecular flexibility index (Phi) is 6.19. The average Bonchev–Trinajstić information content (AvgIpc) is 2.48. The molecule has 0 bridgehead atoms. The highest BCUT2D eigenvalue weighted by Gasteiger charge is 2.22. The zero-order chi connectivity index (χ0) is 15.2. The minimum absolute atomic E-state index is 0.151. The number of halogens is 1. The van der Waals surface area contributed by atoms with E-state index in [2.05, 4.69) is 31.0 Å². The molecule has 2 rings (SSSR count). The topological polar surface area (TPSA) is 15.3 Å². The quantitative estimate of drug-likeness (QED) is 0.863. The van der Waals surface area contributed by atoms with Crippen LogP contribution in [0.1, 0.15) is 39.2 Å². The van der Waals surface area contributed by atoms with E-state index in [0.29, 0.717) is 12.1 Å². The van der Waals surface area contributed by atoms with Gasteiger partial charge in [-0.1, -0.05) is 12.1 Å². The van der Waals surface area contributed by atoms with Crippen molar-refractivity contribution in [3.05, 3.63) is 35.6 Å². The lowest BCUT2D eigenvalue weighted by atomic mass is 9.95. The summed E-state index contributed by atoms with van der Waals surface area (Å²) in [6.45, 7) is 10.3. The van der Waals surface area contributed by atoms with Gasteiger partial charge >= 0.3 is 0 Å². The van der Waals surface area contributed by atoms with Gasteiger partial charge in [-0.25, -0.2) is 4.39 Å². The molecule has 1 aromatic carbocycles. The molecule has 0 spiro atoms. The third-order valence-corrected chi connectivity index (χ3v) is 4.60. The first-order valence-corrected chi connectivity index (χ1v) is 8.27. The molecule has 0 aliphatic carbocycles. The summed E-state index contributed by atoms with van der Waals surface area (Å²) in [5.74, 6) is 0.658. The molecule has 0 aromatic heterocycles. The molecule has 1 N–H and O–H groups in total. The van der Waals surface area contributed by atoms with Crippen LogP contribution in [-0.2, 0) is 6.42 Å². The first-order chi connectivity index (χ1) is 10.1. The summed E-state index contributed by atoms with van der Waals surface area (Å²) >= 11 is 0. The normalized spacial score (nSPS) is 18.4. The number of piperidine rings is 1. The van der Waals surface area contributed by atoms with Gasteiger partial charge in [0.1, 0.15) is 5.82 Å². The lowest BCUT2D eigenvalue weighted by Gasteiger charge is -2.37. The molecular weight excluding hydrogens is 263 g/mol. The Morgan fingerprint density at radius 1 is 1.14 bits per heavy atom. The predicted molar refractivity (Wildman–Crippen MR) is 87.0 cm³/mol. The van der Waals surface area contributed by atoms with Crippen molar-refractivity contribution in [3.8, 4) is 0 Å². The molecule has 2 nitrogen and oxygen atoms in total. The molecule has 1 aliphatic rings. The van der Waals surface area contributed by atoms with Crippen molar-refractivity contribution in [3.63, 3.8) is 0 Å². The Hall–Kier alpha value is -0.930. The molecule has 1 aromatic rings. The van der Waals surface area contributed by atoms with Gasteiger partial charge < -0.3 is 5.32 Å². The fourth-order valence-corrected chi connectivity index (χ4v) is 3.34. The molecule has 1 unspecified atom stereocenters. The molecule has 0 amide bonds. The van der Waals surface area contributed by atoms with Crippen LogP contribution in [0.2, 0.25) is 0 Å². The summed E-state index contributed by atoms with van der Waals surface area (Å²) in [5, 5.41) is 3.44. The van der Waals surface area contributed by atoms with Crippen molar-refractivity contribution in [2.45, 2.75) is 52.1 Å². The Morgan fingerprint density at radius 3 is 2.33 bits per heavy atom. The van der Waals surface area contributed by atoms with Crippen LogP contribution < -0.4 is 5.32 Å². The monoisotopic (exact) mass is 292 g/mol. The molecule has 1 aliphatic heterocycles. The summed E-state index contributed by atoms with van der Waals surface area (Å²) in [5.41, 5.74) is 1.22. The molecule has 0 saturated carbocycles. The van der Waals surface area contributed by atoms with Gasteiger partial charge in [0, 0.05) is 18.6 Å². The molecule has 1 fully saturated rings. The fourth-order valence-electron chi connectivity index (χ4n) is 3.34. The van der Waals surface area contributed by atoms with Crippen LogP contribution in [0.4, 0.5) is 4.39 Å². The SMILES string of the molecule is CC(C)N(CC1CCNCC1)C(C)Cc1ccc(F)cc1. The van der Waals surface area contributed by atoms with Crippen molar-refractivity contribution < 1.29 is 4.39 Å². The maximum absolute atomic E-state index is 13.0. The number of rotatable bonds is 6. The van der Waals surface area contributed by atoms with Gasteiger partial charge in [-0.3, -0.25) is 4.90 Å². The van der Waals surface area contributed by atoms with Crippen LogP contribution in [0, 0.1) is 11.7 Å². The highest BCUT2D eigenvalue weighted by atomic mass is 19.1. The number of hydrogen-bond acceptors (Lipinski definition) is 2. The molecule has 21 heavy (non-hydrogen) atoms. The highest BCUT2D eigenvalue weighted by molar-refractivity contribution is 5.17. The van der Waals surface area contributed by atoms with Crippen molar-refractivity contribution in [2.24, 2.45) is 5.92 Å². The van der Waals surface area contributed by atoms with E-state index in [4.69, 9.17) is 0 Å². The van der Waals surface area contributed by atoms with E-state index >= 15 is 0 Å². The summed E-state index contributed by atoms with van der Waals surface area (Å²) in [6, 6.07) is 7.99. The largest absolute Gasteiger partial charge is 0.317 e. The van der Waals surface area contributed by atoms with Gasteiger partial charge in [0.2, 0.25) is 0 Å². The van der Waals surface area contributed by atoms with Gasteiger partial charge in [0.25, 0.3) is 0 Å². The zero-order valence-electron chi connectivity index (χ0n) is 13.6. The fraction of sp³-hybridized carbons (Fsp3) is 0.667. The van der Waals surface area contributed by atoms with Crippen LogP contribution >= 0.6 is 0 Å². The smallest absolute Gasteiger partial charge is 0.123 e. The van der Waals surface area contributed by atoms with Gasteiger partial charge in [0.05, 0.1) is 0 Å². The van der Waals surface area contributed by atoms with Crippen molar-refractivity contribution in [1.29, 1.82) is 0 Å². The standard InChI is InChI=1S/C18H29FN2/c1-14(2)21(13-17-8-10-20-11-9-17)15(3)12-16-4-6-18(19)7-5-16/h4-7,14-15,17,20H,8-13H2,1-3H3. The number of nitrogens with one attached hydrogen (secondary N) is 1. The van der Waals surface area contributed by atoms with E-state index in [1.54, 1.807) is 12.1 Å². The van der Waals surface area contributed by atoms with E-state index in [9.17, 15) is 4.39 Å². The molecule has 0 radical (unpaired) electrons. The highest BCUT2D eigenvalue weighted by Crippen LogP contribution is 2.19. The Labute approximate surface area is 128 Å². The van der Waals surface area contributed by atoms with Crippen LogP contribution in [0.15, 0.2) is 24.3 Å². The predicted octanol–water partition coefficient (Wildman–Crippen LogP) is 3.47. The lowest BCUT2D eigenvalue weighted by Crippen LogP contribution is -2.44. The lowest BCUT2D eigenvalue weighted by molar-refractivity contribution is 0.124. The van der Waals surface area contributed by atoms with Crippen molar-refractivity contribution in [2.75, 3.05) is 19.6 Å². The molecular formula is C18H29FN2. The number of benzene rings is 1. The number of nitrogens with zero attached hydrogens (tertiary/aromatic N) is 1. The van der Waals surface area contributed by atoms with Gasteiger partial charge in [0.15, 0.2) is 0 Å². The second kappa shape index (κ2) is 7.90. The van der Waals surface area contributed by atoms with E-state index < -0.39 is 0 Å². The molecule has 118 valence electrons. The van der Waals surface area contributed by atoms with Crippen molar-refractivity contribution >= 4 is 0 Å². The summed E-state index contributed by atoms with van der Waals surface area (Å²) in [6.07, 6.45) is 3.56. The third kappa shape index (κ3) is 5.08. The summed E-state index contributed by atoms with van der Waals surface area (Å²) in [4.78, 5) is 2.61. The average molecular weight is 292 g/mol. The second-order valence-electron chi connectivity index (χ2n) is 6.66. The van der Waals surface area contributed by atoms with E-state index in [1.807, 2.05) is 12.1 Å². The first kappa shape index (κ1) is 16.4. The third-order valence-electron chi connectivity index (χ3n) is 4.60. The van der Waals surface area contributed by atoms with Crippen LogP contribution in [0.3, 0.4) is 0 Å². The molecule has 1 atom stereocenters. The van der Waals surface area contributed by atoms with E-state index in [-0.39, 0.29) is 5.82 Å². The molecule has 3 heteroatoms. The van der Waals surface area contributed by atoms with Crippen LogP contribution in [0.5, 0.6) is 0 Å². The Morgan fingerprint density at radius 2 is 1.76 bits per heavy atom. The summed E-state index contributed by atoms with van der Waals surface area (Å²) < 4.78 is 13.0. The second-order valence-corrected chi connectivity index (χ2v) is 6.66. The maximum atomic E-state index is 13.0. The van der Waals surface area contributed by atoms with Crippen molar-refractivity contribution in [1.82, 2.24) is 10.2 Å². The van der Waals surface area contributed by atoms with Gasteiger partial charge in [-0.2, -0.15) is 0 Å². The minimum Gasteiger partial charge on any atom is -0.317 e. The molecule has 1 saturated heterocycles. The van der Waals surface area contributed by atoms with Crippen LogP contribution in [-0.4, -0.2) is 36.6 Å². The zero-order valence-corrected chi connectivity index (χ0v) is 13.6.